The molecule has 7 N–H and O–H groups in total. The van der Waals surface area contributed by atoms with Gasteiger partial charge in [0.05, 0.1) is 82.5 Å². The van der Waals surface area contributed by atoms with Gasteiger partial charge in [0.15, 0.2) is 11.9 Å². The Morgan fingerprint density at radius 2 is 1.77 bits per heavy atom. The van der Waals surface area contributed by atoms with E-state index in [4.69, 9.17) is 40.3 Å². The van der Waals surface area contributed by atoms with E-state index in [0.29, 0.717) is 82.3 Å². The van der Waals surface area contributed by atoms with E-state index in [1.807, 2.05) is 6.92 Å². The first-order valence-electron chi connectivity index (χ1n) is 17.3. The molecule has 52 heavy (non-hydrogen) atoms. The average Bonchev–Trinajstić information content (AvgIpc) is 3.81. The molecule has 21 heteroatoms. The highest BCUT2D eigenvalue weighted by Crippen LogP contribution is 2.36. The van der Waals surface area contributed by atoms with Crippen LogP contribution in [0.1, 0.15) is 49.7 Å². The molecule has 0 bridgehead atoms. The first-order chi connectivity index (χ1) is 24.9. The molecule has 20 nitrogen and oxygen atoms in total. The van der Waals surface area contributed by atoms with Crippen LogP contribution in [0.2, 0.25) is 0 Å². The number of rotatable bonds is 26. The van der Waals surface area contributed by atoms with Crippen LogP contribution in [0, 0.1) is 6.92 Å². The monoisotopic (exact) mass is 756 g/mol. The van der Waals surface area contributed by atoms with Crippen LogP contribution in [0.3, 0.4) is 0 Å². The molecule has 3 aromatic rings. The number of aromatic nitrogens is 7. The zero-order chi connectivity index (χ0) is 37.5. The number of nitrogens with one attached hydrogen (secondary N) is 1. The molecule has 1 saturated heterocycles. The second-order valence-corrected chi connectivity index (χ2v) is 14.4. The predicted molar refractivity (Wildman–Crippen MR) is 185 cm³/mol. The Bertz CT molecular complexity index is 1630. The lowest BCUT2D eigenvalue weighted by atomic mass is 9.98. The number of aryl methyl sites for hydroxylation is 2. The quantitative estimate of drug-likeness (QED) is 0.0608. The van der Waals surface area contributed by atoms with Crippen LogP contribution in [0.15, 0.2) is 18.9 Å². The summed E-state index contributed by atoms with van der Waals surface area (Å²) < 4.78 is 56.9. The molecule has 0 spiro atoms. The Kier molecular flexibility index (Phi) is 16.6. The molecule has 0 amide bonds. The lowest BCUT2D eigenvalue weighted by Crippen LogP contribution is -2.38. The van der Waals surface area contributed by atoms with E-state index in [0.717, 1.165) is 18.4 Å². The van der Waals surface area contributed by atoms with Gasteiger partial charge in [0.2, 0.25) is 10.0 Å². The number of fused-ring (bicyclic) bond motifs is 1. The number of sulfonamides is 1. The topological polar surface area (TPSA) is 276 Å². The normalized spacial score (nSPS) is 20.5. The van der Waals surface area contributed by atoms with Gasteiger partial charge < -0.3 is 45.4 Å². The van der Waals surface area contributed by atoms with Crippen LogP contribution in [0.4, 0.5) is 0 Å². The minimum absolute atomic E-state index is 0.205. The van der Waals surface area contributed by atoms with Crippen molar-refractivity contribution in [2.75, 3.05) is 59.0 Å². The van der Waals surface area contributed by atoms with Gasteiger partial charge in [0, 0.05) is 19.2 Å². The molecule has 0 aliphatic carbocycles. The van der Waals surface area contributed by atoms with E-state index in [-0.39, 0.29) is 26.0 Å². The van der Waals surface area contributed by atoms with Gasteiger partial charge in [-0.15, -0.1) is 5.10 Å². The lowest BCUT2D eigenvalue weighted by molar-refractivity contribution is -0.138. The van der Waals surface area contributed by atoms with Crippen LogP contribution in [-0.4, -0.2) is 149 Å². The lowest BCUT2D eigenvalue weighted by Gasteiger charge is -2.22. The van der Waals surface area contributed by atoms with Gasteiger partial charge >= 0.3 is 5.97 Å². The number of carboxylic acid groups (broad SMARTS) is 1. The Balaban J connectivity index is 1.18. The number of imidazole rings is 1. The van der Waals surface area contributed by atoms with Crippen LogP contribution >= 0.6 is 0 Å². The summed E-state index contributed by atoms with van der Waals surface area (Å²) in [6.07, 6.45) is 5.75. The molecule has 0 saturated carbocycles. The number of aliphatic carboxylic acids is 1. The number of nitrogens with two attached hydrogens (primary N) is 2. The third-order valence-corrected chi connectivity index (χ3v) is 9.20. The van der Waals surface area contributed by atoms with E-state index >= 15 is 0 Å². The number of carboxylic acids is 1. The van der Waals surface area contributed by atoms with Crippen molar-refractivity contribution in [1.82, 2.24) is 39.2 Å². The van der Waals surface area contributed by atoms with E-state index in [1.165, 1.54) is 6.33 Å². The van der Waals surface area contributed by atoms with Crippen molar-refractivity contribution in [2.24, 2.45) is 11.5 Å². The summed E-state index contributed by atoms with van der Waals surface area (Å²) >= 11 is 0. The SMILES string of the molecule is Cc1ncnc2c1ncn2[C@@H]1O[C@H](C[C@@H](N)CC[C@H](N)C(=O)O)[C@@H](O)[C@H]1OCCCCc1cnnn1CCOCCOCCOCCNS(C)(=O)=O. The molecule has 4 heterocycles. The number of hydrogen-bond donors (Lipinski definition) is 5. The first-order valence-corrected chi connectivity index (χ1v) is 19.2. The van der Waals surface area contributed by atoms with Gasteiger partial charge in [-0.05, 0) is 45.4 Å². The highest BCUT2D eigenvalue weighted by molar-refractivity contribution is 7.88. The molecule has 292 valence electrons. The number of carbonyl (C=O) groups is 1. The minimum atomic E-state index is -3.21. The molecule has 6 atom stereocenters. The minimum Gasteiger partial charge on any atom is -0.480 e. The summed E-state index contributed by atoms with van der Waals surface area (Å²) in [5, 5.41) is 28.7. The number of unbranched alkanes of at least 4 members (excludes halogenated alkanes) is 1. The van der Waals surface area contributed by atoms with Crippen molar-refractivity contribution < 1.29 is 47.1 Å². The molecule has 3 aromatic heterocycles. The standard InChI is InChI=1S/C31H52N10O10S/c1-21-26-29(35-19-34-21)40(20-36-26)30-28(27(42)25(51-30)17-22(32)6-7-24(33)31(43)44)50-10-4-3-5-23-18-37-39-41(23)9-12-48-14-16-49-15-13-47-11-8-38-52(2,45)46/h18-20,22,24-25,27-28,30,38,42H,3-17,32-33H2,1-2H3,(H,43,44)/t22-,24-,25+,27+,28+,30+/m0/s1. The van der Waals surface area contributed by atoms with Crippen molar-refractivity contribution >= 4 is 27.2 Å². The van der Waals surface area contributed by atoms with Crippen LogP contribution in [0.25, 0.3) is 11.2 Å². The fraction of sp³-hybridized carbons (Fsp3) is 0.742. The fourth-order valence-corrected chi connectivity index (χ4v) is 6.14. The third-order valence-electron chi connectivity index (χ3n) is 8.47. The number of nitrogens with zero attached hydrogens (tertiary/aromatic N) is 7. The Morgan fingerprint density at radius 1 is 1.04 bits per heavy atom. The van der Waals surface area contributed by atoms with Gasteiger partial charge in [-0.25, -0.2) is 32.8 Å². The maximum Gasteiger partial charge on any atom is 0.320 e. The zero-order valence-corrected chi connectivity index (χ0v) is 30.5. The maximum atomic E-state index is 11.4. The summed E-state index contributed by atoms with van der Waals surface area (Å²) in [7, 11) is -3.21. The van der Waals surface area contributed by atoms with Crippen molar-refractivity contribution in [3.05, 3.63) is 30.2 Å². The van der Waals surface area contributed by atoms with E-state index in [1.54, 1.807) is 21.8 Å². The van der Waals surface area contributed by atoms with Crippen molar-refractivity contribution in [3.63, 3.8) is 0 Å². The van der Waals surface area contributed by atoms with Crippen molar-refractivity contribution in [2.45, 2.75) is 88.6 Å². The van der Waals surface area contributed by atoms with Crippen LogP contribution in [0.5, 0.6) is 0 Å². The summed E-state index contributed by atoms with van der Waals surface area (Å²) in [6, 6.07) is -1.45. The fourth-order valence-electron chi connectivity index (χ4n) is 5.69. The summed E-state index contributed by atoms with van der Waals surface area (Å²) in [5.74, 6) is -1.09. The third kappa shape index (κ3) is 13.0. The average molecular weight is 757 g/mol. The molecular weight excluding hydrogens is 704 g/mol. The number of aliphatic hydroxyl groups excluding tert-OH is 1. The first kappa shape index (κ1) is 41.5. The molecule has 0 aromatic carbocycles. The smallest absolute Gasteiger partial charge is 0.320 e. The molecule has 0 radical (unpaired) electrons. The largest absolute Gasteiger partial charge is 0.480 e. The number of ether oxygens (including phenoxy) is 5. The zero-order valence-electron chi connectivity index (χ0n) is 29.7. The summed E-state index contributed by atoms with van der Waals surface area (Å²) in [4.78, 5) is 24.2. The number of aliphatic hydroxyl groups is 1. The predicted octanol–water partition coefficient (Wildman–Crippen LogP) is -1.10. The maximum absolute atomic E-state index is 11.4. The highest BCUT2D eigenvalue weighted by atomic mass is 32.2. The van der Waals surface area contributed by atoms with E-state index in [2.05, 4.69) is 30.0 Å². The van der Waals surface area contributed by atoms with Gasteiger partial charge in [-0.2, -0.15) is 0 Å². The van der Waals surface area contributed by atoms with Crippen LogP contribution < -0.4 is 16.2 Å². The second-order valence-electron chi connectivity index (χ2n) is 12.6. The Hall–Kier alpha value is -3.25. The highest BCUT2D eigenvalue weighted by Gasteiger charge is 2.46. The van der Waals surface area contributed by atoms with E-state index < -0.39 is 52.6 Å². The molecular formula is C31H52N10O10S. The van der Waals surface area contributed by atoms with Crippen LogP contribution in [-0.2, 0) is 51.5 Å². The van der Waals surface area contributed by atoms with Gasteiger partial charge in [0.25, 0.3) is 0 Å². The van der Waals surface area contributed by atoms with Crippen molar-refractivity contribution in [1.29, 1.82) is 0 Å². The van der Waals surface area contributed by atoms with E-state index in [9.17, 15) is 18.3 Å². The molecule has 1 aliphatic heterocycles. The van der Waals surface area contributed by atoms with Crippen molar-refractivity contribution in [3.8, 4) is 0 Å². The van der Waals surface area contributed by atoms with Gasteiger partial charge in [0.1, 0.15) is 30.1 Å². The molecule has 4 rings (SSSR count). The number of hydrogen-bond acceptors (Lipinski definition) is 16. The second kappa shape index (κ2) is 20.8. The van der Waals surface area contributed by atoms with Gasteiger partial charge in [-0.1, -0.05) is 5.21 Å². The summed E-state index contributed by atoms with van der Waals surface area (Å²) in [5.41, 5.74) is 14.8. The van der Waals surface area contributed by atoms with Gasteiger partial charge in [-0.3, -0.25) is 9.36 Å². The molecule has 1 fully saturated rings. The molecule has 0 unspecified atom stereocenters. The Morgan fingerprint density at radius 3 is 2.50 bits per heavy atom. The Labute approximate surface area is 302 Å². The summed E-state index contributed by atoms with van der Waals surface area (Å²) in [6.45, 7) is 5.17. The molecule has 1 aliphatic rings.